The molecule has 2 amide bonds. The summed E-state index contributed by atoms with van der Waals surface area (Å²) in [5.74, 6) is -3.72. The molecule has 0 aliphatic carbocycles. The van der Waals surface area contributed by atoms with E-state index in [4.69, 9.17) is 5.73 Å². The molecule has 0 radical (unpaired) electrons. The molecule has 9 heteroatoms. The van der Waals surface area contributed by atoms with E-state index in [-0.39, 0.29) is 48.0 Å². The maximum atomic E-state index is 13.9. The van der Waals surface area contributed by atoms with Crippen LogP contribution in [0.5, 0.6) is 0 Å². The average Bonchev–Trinajstić information content (AvgIpc) is 3.38. The van der Waals surface area contributed by atoms with Gasteiger partial charge in [0, 0.05) is 55.2 Å². The van der Waals surface area contributed by atoms with Gasteiger partial charge in [-0.3, -0.25) is 14.4 Å². The lowest BCUT2D eigenvalue weighted by atomic mass is 10.0. The maximum Gasteiger partial charge on any atom is 0.253 e. The Labute approximate surface area is 195 Å². The van der Waals surface area contributed by atoms with Crippen LogP contribution in [0.1, 0.15) is 46.0 Å². The van der Waals surface area contributed by atoms with Gasteiger partial charge in [-0.1, -0.05) is 12.1 Å². The molecule has 2 saturated heterocycles. The van der Waals surface area contributed by atoms with Gasteiger partial charge in [0.15, 0.2) is 17.4 Å². The molecule has 2 N–H and O–H groups in total. The zero-order chi connectivity index (χ0) is 24.6. The maximum absolute atomic E-state index is 13.9. The molecule has 180 valence electrons. The minimum Gasteiger partial charge on any atom is -0.338 e. The zero-order valence-electron chi connectivity index (χ0n) is 18.8. The fourth-order valence-corrected chi connectivity index (χ4v) is 4.91. The minimum atomic E-state index is -1.28. The number of benzene rings is 2. The van der Waals surface area contributed by atoms with Gasteiger partial charge in [-0.15, -0.1) is 0 Å². The number of Topliss-reactive ketones (excluding diaryl/α,β-unsaturated/α-hetero) is 1. The van der Waals surface area contributed by atoms with E-state index in [0.29, 0.717) is 36.8 Å². The smallest absolute Gasteiger partial charge is 0.253 e. The molecular weight excluding hydrogens is 447 g/mol. The van der Waals surface area contributed by atoms with Crippen molar-refractivity contribution in [1.82, 2.24) is 9.80 Å². The van der Waals surface area contributed by atoms with E-state index in [9.17, 15) is 27.6 Å². The number of carbonyl (C=O) groups is 3. The molecule has 0 saturated carbocycles. The summed E-state index contributed by atoms with van der Waals surface area (Å²) in [4.78, 5) is 41.0. The van der Waals surface area contributed by atoms with Crippen LogP contribution in [0.2, 0.25) is 0 Å². The van der Waals surface area contributed by atoms with Crippen molar-refractivity contribution >= 4 is 17.6 Å². The molecule has 0 bridgehead atoms. The van der Waals surface area contributed by atoms with Gasteiger partial charge in [-0.2, -0.15) is 0 Å². The Morgan fingerprint density at radius 2 is 1.74 bits per heavy atom. The van der Waals surface area contributed by atoms with Gasteiger partial charge in [0.05, 0.1) is 6.04 Å². The second-order valence-electron chi connectivity index (χ2n) is 9.08. The number of ketones is 1. The molecule has 6 nitrogen and oxygen atoms in total. The lowest BCUT2D eigenvalue weighted by molar-refractivity contribution is -0.132. The molecule has 2 aliphatic rings. The summed E-state index contributed by atoms with van der Waals surface area (Å²) >= 11 is 0. The van der Waals surface area contributed by atoms with E-state index in [0.717, 1.165) is 12.5 Å². The Kier molecular flexibility index (Phi) is 6.74. The molecule has 0 unspecified atom stereocenters. The summed E-state index contributed by atoms with van der Waals surface area (Å²) in [6.45, 7) is 2.89. The number of hydrogen-bond donors (Lipinski definition) is 1. The van der Waals surface area contributed by atoms with Crippen molar-refractivity contribution < 1.29 is 27.6 Å². The van der Waals surface area contributed by atoms with Crippen LogP contribution in [-0.4, -0.2) is 59.1 Å². The number of carbonyl (C=O) groups excluding carboxylic acids is 3. The highest BCUT2D eigenvalue weighted by Crippen LogP contribution is 2.33. The average molecular weight is 473 g/mol. The van der Waals surface area contributed by atoms with Crippen LogP contribution in [0.25, 0.3) is 0 Å². The molecule has 2 heterocycles. The van der Waals surface area contributed by atoms with Crippen LogP contribution in [-0.2, 0) is 11.2 Å². The lowest BCUT2D eigenvalue weighted by Crippen LogP contribution is -2.43. The molecule has 0 spiro atoms. The van der Waals surface area contributed by atoms with Gasteiger partial charge in [0.2, 0.25) is 5.91 Å². The highest BCUT2D eigenvalue weighted by atomic mass is 19.2. The highest BCUT2D eigenvalue weighted by molar-refractivity contribution is 5.99. The van der Waals surface area contributed by atoms with E-state index in [1.165, 1.54) is 6.92 Å². The number of nitrogens with two attached hydrogens (primary N) is 1. The van der Waals surface area contributed by atoms with E-state index < -0.39 is 23.5 Å². The number of halogens is 3. The standard InChI is InChI=1S/C25H26F3N3O3/c1-14(32)15-3-2-4-16(7-15)25(34)30-12-17-5-6-31(23(17)13-30)24(33)10-19(29)8-18-9-21(27)22(28)11-20(18)26/h2-4,7,9,11,17,19,23H,5-6,8,10,12-13,29H2,1H3/t17-,19+,23+/m0/s1. The highest BCUT2D eigenvalue weighted by Gasteiger charge is 2.44. The molecule has 2 aliphatic heterocycles. The number of likely N-dealkylation sites (tertiary alicyclic amines) is 2. The van der Waals surface area contributed by atoms with E-state index >= 15 is 0 Å². The molecule has 0 aromatic heterocycles. The SMILES string of the molecule is CC(=O)c1cccc(C(=O)N2C[C@@H]3CCN(C(=O)C[C@H](N)Cc4cc(F)c(F)cc4F)[C@@H]3C2)c1. The first kappa shape index (κ1) is 23.9. The van der Waals surface area contributed by atoms with Crippen molar-refractivity contribution in [3.8, 4) is 0 Å². The van der Waals surface area contributed by atoms with Crippen LogP contribution < -0.4 is 5.73 Å². The fourth-order valence-electron chi connectivity index (χ4n) is 4.91. The Hall–Kier alpha value is -3.20. The lowest BCUT2D eigenvalue weighted by Gasteiger charge is -2.26. The van der Waals surface area contributed by atoms with E-state index in [1.807, 2.05) is 0 Å². The Bertz CT molecular complexity index is 1140. The van der Waals surface area contributed by atoms with Crippen molar-refractivity contribution in [2.75, 3.05) is 19.6 Å². The Morgan fingerprint density at radius 1 is 1.03 bits per heavy atom. The third-order valence-electron chi connectivity index (χ3n) is 6.68. The molecule has 2 aromatic carbocycles. The summed E-state index contributed by atoms with van der Waals surface area (Å²) in [6, 6.07) is 6.92. The topological polar surface area (TPSA) is 83.7 Å². The van der Waals surface area contributed by atoms with Crippen molar-refractivity contribution in [1.29, 1.82) is 0 Å². The monoisotopic (exact) mass is 473 g/mol. The first-order valence-corrected chi connectivity index (χ1v) is 11.2. The summed E-state index contributed by atoms with van der Waals surface area (Å²) in [5, 5.41) is 0. The summed E-state index contributed by atoms with van der Waals surface area (Å²) in [6.07, 6.45) is 0.574. The number of fused-ring (bicyclic) bond motifs is 1. The van der Waals surface area contributed by atoms with Gasteiger partial charge in [-0.05, 0) is 43.5 Å². The van der Waals surface area contributed by atoms with Gasteiger partial charge in [-0.25, -0.2) is 13.2 Å². The summed E-state index contributed by atoms with van der Waals surface area (Å²) in [5.41, 5.74) is 6.85. The molecule has 4 rings (SSSR count). The van der Waals surface area contributed by atoms with Gasteiger partial charge in [0.1, 0.15) is 5.82 Å². The zero-order valence-corrected chi connectivity index (χ0v) is 18.8. The quantitative estimate of drug-likeness (QED) is 0.517. The summed E-state index contributed by atoms with van der Waals surface area (Å²) < 4.78 is 40.5. The molecular formula is C25H26F3N3O3. The third kappa shape index (κ3) is 4.84. The predicted octanol–water partition coefficient (Wildman–Crippen LogP) is 2.94. The van der Waals surface area contributed by atoms with Crippen LogP contribution in [0.3, 0.4) is 0 Å². The molecule has 3 atom stereocenters. The van der Waals surface area contributed by atoms with Gasteiger partial charge in [0.25, 0.3) is 5.91 Å². The van der Waals surface area contributed by atoms with Gasteiger partial charge < -0.3 is 15.5 Å². The number of amides is 2. The largest absolute Gasteiger partial charge is 0.338 e. The second kappa shape index (κ2) is 9.58. The van der Waals surface area contributed by atoms with Crippen LogP contribution in [0.4, 0.5) is 13.2 Å². The second-order valence-corrected chi connectivity index (χ2v) is 9.08. The number of nitrogens with zero attached hydrogens (tertiary/aromatic N) is 2. The molecule has 2 aromatic rings. The first-order chi connectivity index (χ1) is 16.1. The fraction of sp³-hybridized carbons (Fsp3) is 0.400. The van der Waals surface area contributed by atoms with Crippen molar-refractivity contribution in [2.24, 2.45) is 11.7 Å². The van der Waals surface area contributed by atoms with Gasteiger partial charge >= 0.3 is 0 Å². The van der Waals surface area contributed by atoms with Crippen molar-refractivity contribution in [2.45, 2.75) is 38.3 Å². The third-order valence-corrected chi connectivity index (χ3v) is 6.68. The van der Waals surface area contributed by atoms with Crippen LogP contribution in [0.15, 0.2) is 36.4 Å². The molecule has 34 heavy (non-hydrogen) atoms. The Balaban J connectivity index is 1.38. The van der Waals surface area contributed by atoms with Crippen molar-refractivity contribution in [3.63, 3.8) is 0 Å². The predicted molar refractivity (Wildman–Crippen MR) is 119 cm³/mol. The number of rotatable bonds is 6. The molecule has 2 fully saturated rings. The van der Waals surface area contributed by atoms with E-state index in [1.54, 1.807) is 34.1 Å². The Morgan fingerprint density at radius 3 is 2.47 bits per heavy atom. The van der Waals surface area contributed by atoms with Crippen molar-refractivity contribution in [3.05, 3.63) is 70.5 Å². The first-order valence-electron chi connectivity index (χ1n) is 11.2. The normalized spacial score (nSPS) is 20.4. The summed E-state index contributed by atoms with van der Waals surface area (Å²) in [7, 11) is 0. The minimum absolute atomic E-state index is 0.0732. The number of hydrogen-bond acceptors (Lipinski definition) is 4. The van der Waals surface area contributed by atoms with Crippen LogP contribution in [0, 0.1) is 23.4 Å². The van der Waals surface area contributed by atoms with Crippen LogP contribution >= 0.6 is 0 Å². The van der Waals surface area contributed by atoms with E-state index in [2.05, 4.69) is 0 Å².